The van der Waals surface area contributed by atoms with Crippen LogP contribution in [0.4, 0.5) is 5.82 Å². The van der Waals surface area contributed by atoms with Gasteiger partial charge in [0.2, 0.25) is 0 Å². The van der Waals surface area contributed by atoms with E-state index in [1.165, 1.54) is 5.56 Å². The van der Waals surface area contributed by atoms with Gasteiger partial charge in [-0.2, -0.15) is 0 Å². The summed E-state index contributed by atoms with van der Waals surface area (Å²) in [7, 11) is 3.86. The third-order valence-electron chi connectivity index (χ3n) is 4.84. The number of anilines is 1. The molecule has 0 amide bonds. The van der Waals surface area contributed by atoms with Crippen LogP contribution in [0.25, 0.3) is 0 Å². The van der Waals surface area contributed by atoms with Gasteiger partial charge in [-0.15, -0.1) is 0 Å². The smallest absolute Gasteiger partial charge is 0.193 e. The van der Waals surface area contributed by atoms with Crippen molar-refractivity contribution in [2.24, 2.45) is 4.99 Å². The van der Waals surface area contributed by atoms with Crippen molar-refractivity contribution in [2.75, 3.05) is 32.1 Å². The van der Waals surface area contributed by atoms with Gasteiger partial charge in [-0.25, -0.2) is 4.98 Å². The van der Waals surface area contributed by atoms with Crippen molar-refractivity contribution >= 4 is 11.8 Å². The number of benzene rings is 1. The van der Waals surface area contributed by atoms with Gasteiger partial charge in [0.05, 0.1) is 12.2 Å². The number of hydrogen-bond acceptors (Lipinski definition) is 4. The first-order valence-electron chi connectivity index (χ1n) is 9.86. The number of hydrogen-bond donors (Lipinski definition) is 1. The molecule has 28 heavy (non-hydrogen) atoms. The first-order chi connectivity index (χ1) is 13.5. The minimum Gasteiger partial charge on any atom is -0.372 e. The molecule has 1 aromatic carbocycles. The highest BCUT2D eigenvalue weighted by molar-refractivity contribution is 5.79. The van der Waals surface area contributed by atoms with Crippen molar-refractivity contribution < 1.29 is 4.74 Å². The maximum atomic E-state index is 5.81. The van der Waals surface area contributed by atoms with E-state index in [-0.39, 0.29) is 12.2 Å². The lowest BCUT2D eigenvalue weighted by Crippen LogP contribution is -2.45. The number of morpholine rings is 1. The van der Waals surface area contributed by atoms with Gasteiger partial charge in [0, 0.05) is 46.5 Å². The molecule has 1 saturated heterocycles. The molecule has 0 aliphatic carbocycles. The van der Waals surface area contributed by atoms with Gasteiger partial charge in [0.15, 0.2) is 5.96 Å². The summed E-state index contributed by atoms with van der Waals surface area (Å²) in [6, 6.07) is 14.6. The van der Waals surface area contributed by atoms with Crippen LogP contribution in [0, 0.1) is 0 Å². The summed E-state index contributed by atoms with van der Waals surface area (Å²) in [5.41, 5.74) is 2.39. The highest BCUT2D eigenvalue weighted by Gasteiger charge is 2.22. The highest BCUT2D eigenvalue weighted by Crippen LogP contribution is 2.18. The van der Waals surface area contributed by atoms with Gasteiger partial charge >= 0.3 is 0 Å². The molecule has 6 heteroatoms. The topological polar surface area (TPSA) is 53.0 Å². The molecule has 2 unspecified atom stereocenters. The Balaban J connectivity index is 1.54. The minimum absolute atomic E-state index is 0.232. The van der Waals surface area contributed by atoms with Gasteiger partial charge < -0.3 is 19.9 Å². The average molecular weight is 382 g/mol. The van der Waals surface area contributed by atoms with Crippen LogP contribution in [-0.4, -0.2) is 55.2 Å². The average Bonchev–Trinajstić information content (AvgIpc) is 2.69. The number of rotatable bonds is 5. The molecule has 2 aromatic rings. The maximum Gasteiger partial charge on any atom is 0.193 e. The van der Waals surface area contributed by atoms with Crippen LogP contribution >= 0.6 is 0 Å². The fourth-order valence-electron chi connectivity index (χ4n) is 3.57. The Hall–Kier alpha value is -2.60. The van der Waals surface area contributed by atoms with Crippen LogP contribution in [-0.2, 0) is 17.8 Å². The van der Waals surface area contributed by atoms with E-state index in [4.69, 9.17) is 4.74 Å². The fraction of sp³-hybridized carbons (Fsp3) is 0.455. The summed E-state index contributed by atoms with van der Waals surface area (Å²) >= 11 is 0. The molecule has 0 bridgehead atoms. The van der Waals surface area contributed by atoms with Crippen molar-refractivity contribution in [1.29, 1.82) is 0 Å². The molecule has 6 nitrogen and oxygen atoms in total. The summed E-state index contributed by atoms with van der Waals surface area (Å²) in [5, 5.41) is 3.42. The first-order valence-corrected chi connectivity index (χ1v) is 9.86. The molecular formula is C22H31N5O. The molecule has 2 heterocycles. The third-order valence-corrected chi connectivity index (χ3v) is 4.84. The predicted octanol–water partition coefficient (Wildman–Crippen LogP) is 2.90. The molecule has 150 valence electrons. The fourth-order valence-corrected chi connectivity index (χ4v) is 3.57. The Kier molecular flexibility index (Phi) is 6.87. The molecule has 1 aromatic heterocycles. The Morgan fingerprint density at radius 1 is 1.14 bits per heavy atom. The minimum atomic E-state index is 0.232. The number of nitrogens with zero attached hydrogens (tertiary/aromatic N) is 4. The molecular weight excluding hydrogens is 350 g/mol. The van der Waals surface area contributed by atoms with E-state index in [9.17, 15) is 0 Å². The zero-order valence-corrected chi connectivity index (χ0v) is 17.3. The second kappa shape index (κ2) is 9.55. The van der Waals surface area contributed by atoms with Crippen molar-refractivity contribution in [3.05, 3.63) is 59.8 Å². The van der Waals surface area contributed by atoms with Crippen LogP contribution in [0.15, 0.2) is 53.7 Å². The van der Waals surface area contributed by atoms with Gasteiger partial charge in [0.1, 0.15) is 5.82 Å². The lowest BCUT2D eigenvalue weighted by molar-refractivity contribution is -0.00545. The van der Waals surface area contributed by atoms with Gasteiger partial charge in [-0.05, 0) is 31.0 Å². The zero-order valence-electron chi connectivity index (χ0n) is 17.3. The van der Waals surface area contributed by atoms with E-state index in [1.807, 2.05) is 26.4 Å². The summed E-state index contributed by atoms with van der Waals surface area (Å²) < 4.78 is 5.81. The van der Waals surface area contributed by atoms with E-state index in [1.54, 1.807) is 0 Å². The first kappa shape index (κ1) is 20.1. The Morgan fingerprint density at radius 2 is 1.86 bits per heavy atom. The van der Waals surface area contributed by atoms with Gasteiger partial charge in [0.25, 0.3) is 0 Å². The number of aromatic nitrogens is 1. The van der Waals surface area contributed by atoms with Crippen molar-refractivity contribution in [3.63, 3.8) is 0 Å². The van der Waals surface area contributed by atoms with Crippen LogP contribution in [0.3, 0.4) is 0 Å². The summed E-state index contributed by atoms with van der Waals surface area (Å²) in [4.78, 5) is 13.5. The van der Waals surface area contributed by atoms with E-state index in [2.05, 4.69) is 75.3 Å². The summed E-state index contributed by atoms with van der Waals surface area (Å²) in [6.45, 7) is 7.48. The molecule has 2 atom stereocenters. The molecule has 1 fully saturated rings. The van der Waals surface area contributed by atoms with Crippen molar-refractivity contribution in [1.82, 2.24) is 15.2 Å². The summed E-state index contributed by atoms with van der Waals surface area (Å²) in [5.74, 6) is 1.88. The lowest BCUT2D eigenvalue weighted by atomic mass is 10.2. The molecule has 1 N–H and O–H groups in total. The molecule has 0 radical (unpaired) electrons. The van der Waals surface area contributed by atoms with Crippen molar-refractivity contribution in [3.8, 4) is 0 Å². The highest BCUT2D eigenvalue weighted by atomic mass is 16.5. The number of nitrogens with one attached hydrogen (secondary N) is 1. The second-order valence-corrected chi connectivity index (χ2v) is 7.43. The van der Waals surface area contributed by atoms with Crippen LogP contribution in [0.5, 0.6) is 0 Å². The van der Waals surface area contributed by atoms with Crippen LogP contribution in [0.1, 0.15) is 25.0 Å². The Bertz CT molecular complexity index is 752. The molecule has 0 spiro atoms. The number of pyridine rings is 1. The normalized spacial score (nSPS) is 20.1. The van der Waals surface area contributed by atoms with Gasteiger partial charge in [-0.3, -0.25) is 4.99 Å². The molecule has 0 saturated carbocycles. The molecule has 1 aliphatic rings. The molecule has 1 aliphatic heterocycles. The summed E-state index contributed by atoms with van der Waals surface area (Å²) in [6.07, 6.45) is 2.41. The van der Waals surface area contributed by atoms with Crippen molar-refractivity contribution in [2.45, 2.75) is 39.1 Å². The maximum absolute atomic E-state index is 5.81. The quantitative estimate of drug-likeness (QED) is 0.638. The number of aliphatic imine (C=N–C) groups is 1. The standard InChI is InChI=1S/C22H31N5O/c1-17-14-27(15-18(2)28-17)21-11-10-20(12-24-21)13-25-22(23-3)26(4)16-19-8-6-5-7-9-19/h5-12,17-18H,13-16H2,1-4H3,(H,23,25). The van der Waals surface area contributed by atoms with E-state index >= 15 is 0 Å². The van der Waals surface area contributed by atoms with Crippen LogP contribution < -0.4 is 10.2 Å². The monoisotopic (exact) mass is 381 g/mol. The number of ether oxygens (including phenoxy) is 1. The zero-order chi connectivity index (χ0) is 19.9. The Labute approximate surface area is 168 Å². The Morgan fingerprint density at radius 3 is 2.46 bits per heavy atom. The van der Waals surface area contributed by atoms with E-state index in [0.29, 0.717) is 6.54 Å². The lowest BCUT2D eigenvalue weighted by Gasteiger charge is -2.36. The van der Waals surface area contributed by atoms with Crippen LogP contribution in [0.2, 0.25) is 0 Å². The number of guanidine groups is 1. The largest absolute Gasteiger partial charge is 0.372 e. The van der Waals surface area contributed by atoms with Gasteiger partial charge in [-0.1, -0.05) is 36.4 Å². The van der Waals surface area contributed by atoms with E-state index in [0.717, 1.165) is 37.0 Å². The SMILES string of the molecule is CN=C(NCc1ccc(N2CC(C)OC(C)C2)nc1)N(C)Cc1ccccc1. The third kappa shape index (κ3) is 5.45. The van der Waals surface area contributed by atoms with E-state index < -0.39 is 0 Å². The molecule has 3 rings (SSSR count). The second-order valence-electron chi connectivity index (χ2n) is 7.43. The predicted molar refractivity (Wildman–Crippen MR) is 115 cm³/mol.